The van der Waals surface area contributed by atoms with Gasteiger partial charge in [-0.25, -0.2) is 4.68 Å². The van der Waals surface area contributed by atoms with Gasteiger partial charge in [-0.2, -0.15) is 0 Å². The second kappa shape index (κ2) is 5.63. The van der Waals surface area contributed by atoms with Gasteiger partial charge in [-0.3, -0.25) is 4.79 Å². The molecule has 0 bridgehead atoms. The maximum atomic E-state index is 10.7. The van der Waals surface area contributed by atoms with Crippen molar-refractivity contribution in [1.29, 1.82) is 0 Å². The molecular weight excluding hydrogens is 190 g/mol. The van der Waals surface area contributed by atoms with Crippen molar-refractivity contribution in [2.45, 2.75) is 46.6 Å². The molecule has 1 aromatic heterocycles. The average molecular weight is 209 g/mol. The molecule has 0 fully saturated rings. The topological polar surface area (TPSA) is 47.8 Å². The van der Waals surface area contributed by atoms with E-state index < -0.39 is 0 Å². The fraction of sp³-hybridized carbons (Fsp3) is 0.727. The Morgan fingerprint density at radius 1 is 1.47 bits per heavy atom. The Morgan fingerprint density at radius 3 is 2.73 bits per heavy atom. The molecule has 0 aliphatic carbocycles. The minimum absolute atomic E-state index is 0.501. The minimum atomic E-state index is 0.501. The van der Waals surface area contributed by atoms with Gasteiger partial charge in [0.15, 0.2) is 6.29 Å². The lowest BCUT2D eigenvalue weighted by Crippen LogP contribution is -2.08. The molecule has 0 aromatic carbocycles. The van der Waals surface area contributed by atoms with E-state index in [0.717, 1.165) is 37.8 Å². The molecule has 0 N–H and O–H groups in total. The van der Waals surface area contributed by atoms with E-state index in [0.29, 0.717) is 11.6 Å². The molecule has 1 aromatic rings. The van der Waals surface area contributed by atoms with Gasteiger partial charge in [-0.05, 0) is 18.8 Å². The number of carbonyl (C=O) groups is 1. The third kappa shape index (κ3) is 3.15. The van der Waals surface area contributed by atoms with Crippen LogP contribution >= 0.6 is 0 Å². The summed E-state index contributed by atoms with van der Waals surface area (Å²) in [5.74, 6) is 0.642. The molecule has 0 aliphatic rings. The van der Waals surface area contributed by atoms with Gasteiger partial charge in [0.1, 0.15) is 5.69 Å². The van der Waals surface area contributed by atoms with Crippen molar-refractivity contribution < 1.29 is 4.79 Å². The summed E-state index contributed by atoms with van der Waals surface area (Å²) in [4.78, 5) is 10.7. The van der Waals surface area contributed by atoms with Crippen LogP contribution in [0.3, 0.4) is 0 Å². The Morgan fingerprint density at radius 2 is 2.20 bits per heavy atom. The number of rotatable bonds is 6. The summed E-state index contributed by atoms with van der Waals surface area (Å²) in [6.07, 6.45) is 3.75. The van der Waals surface area contributed by atoms with E-state index in [2.05, 4.69) is 31.1 Å². The number of carbonyl (C=O) groups excluding carboxylic acids is 1. The van der Waals surface area contributed by atoms with Crippen LogP contribution in [0.4, 0.5) is 0 Å². The molecule has 0 aliphatic heterocycles. The van der Waals surface area contributed by atoms with E-state index in [1.54, 1.807) is 0 Å². The van der Waals surface area contributed by atoms with Crippen molar-refractivity contribution in [2.75, 3.05) is 0 Å². The first-order chi connectivity index (χ1) is 7.19. The SMILES string of the molecule is CCCc1c(C=O)nnn1CCC(C)C. The fourth-order valence-electron chi connectivity index (χ4n) is 1.49. The Balaban J connectivity index is 2.77. The van der Waals surface area contributed by atoms with Crippen molar-refractivity contribution in [1.82, 2.24) is 15.0 Å². The second-order valence-electron chi connectivity index (χ2n) is 4.19. The quantitative estimate of drug-likeness (QED) is 0.674. The van der Waals surface area contributed by atoms with Crippen LogP contribution in [0.5, 0.6) is 0 Å². The molecule has 0 saturated heterocycles. The minimum Gasteiger partial charge on any atom is -0.296 e. The molecule has 4 nitrogen and oxygen atoms in total. The van der Waals surface area contributed by atoms with Crippen molar-refractivity contribution in [3.8, 4) is 0 Å². The number of hydrogen-bond donors (Lipinski definition) is 0. The predicted molar refractivity (Wildman–Crippen MR) is 58.9 cm³/mol. The van der Waals surface area contributed by atoms with Gasteiger partial charge in [0.05, 0.1) is 5.69 Å². The fourth-order valence-corrected chi connectivity index (χ4v) is 1.49. The lowest BCUT2D eigenvalue weighted by molar-refractivity contribution is 0.111. The molecule has 1 rings (SSSR count). The van der Waals surface area contributed by atoms with Crippen LogP contribution in [0.2, 0.25) is 0 Å². The molecule has 0 unspecified atom stereocenters. The molecule has 84 valence electrons. The standard InChI is InChI=1S/C11H19N3O/c1-4-5-11-10(8-15)12-13-14(11)7-6-9(2)3/h8-9H,4-7H2,1-3H3. The van der Waals surface area contributed by atoms with E-state index in [1.807, 2.05) is 4.68 Å². The zero-order valence-corrected chi connectivity index (χ0v) is 9.73. The molecule has 15 heavy (non-hydrogen) atoms. The highest BCUT2D eigenvalue weighted by Gasteiger charge is 2.11. The van der Waals surface area contributed by atoms with Gasteiger partial charge in [-0.15, -0.1) is 5.10 Å². The lowest BCUT2D eigenvalue weighted by Gasteiger charge is -2.07. The first kappa shape index (κ1) is 11.9. The van der Waals surface area contributed by atoms with Crippen LogP contribution < -0.4 is 0 Å². The summed E-state index contributed by atoms with van der Waals surface area (Å²) >= 11 is 0. The number of aldehydes is 1. The van der Waals surface area contributed by atoms with Gasteiger partial charge >= 0.3 is 0 Å². The van der Waals surface area contributed by atoms with E-state index in [1.165, 1.54) is 0 Å². The molecular formula is C11H19N3O. The summed E-state index contributed by atoms with van der Waals surface area (Å²) in [5, 5.41) is 7.89. The number of aromatic nitrogens is 3. The summed E-state index contributed by atoms with van der Waals surface area (Å²) in [6, 6.07) is 0. The zero-order valence-electron chi connectivity index (χ0n) is 9.73. The molecule has 0 amide bonds. The highest BCUT2D eigenvalue weighted by molar-refractivity contribution is 5.73. The summed E-state index contributed by atoms with van der Waals surface area (Å²) < 4.78 is 1.87. The summed E-state index contributed by atoms with van der Waals surface area (Å²) in [6.45, 7) is 7.30. The first-order valence-electron chi connectivity index (χ1n) is 5.56. The van der Waals surface area contributed by atoms with E-state index >= 15 is 0 Å². The van der Waals surface area contributed by atoms with Gasteiger partial charge in [0.2, 0.25) is 0 Å². The molecule has 0 spiro atoms. The Kier molecular flexibility index (Phi) is 4.46. The Labute approximate surface area is 90.7 Å². The van der Waals surface area contributed by atoms with Gasteiger partial charge < -0.3 is 0 Å². The van der Waals surface area contributed by atoms with Crippen molar-refractivity contribution in [3.05, 3.63) is 11.4 Å². The maximum Gasteiger partial charge on any atom is 0.172 e. The predicted octanol–water partition coefficient (Wildman–Crippen LogP) is 2.09. The highest BCUT2D eigenvalue weighted by atomic mass is 16.1. The normalized spacial score (nSPS) is 10.9. The van der Waals surface area contributed by atoms with Crippen LogP contribution in [0.25, 0.3) is 0 Å². The van der Waals surface area contributed by atoms with Crippen molar-refractivity contribution >= 4 is 6.29 Å². The number of hydrogen-bond acceptors (Lipinski definition) is 3. The smallest absolute Gasteiger partial charge is 0.172 e. The van der Waals surface area contributed by atoms with Gasteiger partial charge in [-0.1, -0.05) is 32.4 Å². The first-order valence-corrected chi connectivity index (χ1v) is 5.56. The van der Waals surface area contributed by atoms with Crippen LogP contribution in [0.1, 0.15) is 49.8 Å². The lowest BCUT2D eigenvalue weighted by atomic mass is 10.1. The van der Waals surface area contributed by atoms with Crippen molar-refractivity contribution in [2.24, 2.45) is 5.92 Å². The Hall–Kier alpha value is -1.19. The maximum absolute atomic E-state index is 10.7. The molecule has 4 heteroatoms. The van der Waals surface area contributed by atoms with Crippen LogP contribution in [0.15, 0.2) is 0 Å². The van der Waals surface area contributed by atoms with Gasteiger partial charge in [0.25, 0.3) is 0 Å². The van der Waals surface area contributed by atoms with Crippen LogP contribution in [-0.2, 0) is 13.0 Å². The Bertz CT molecular complexity index is 318. The monoisotopic (exact) mass is 209 g/mol. The van der Waals surface area contributed by atoms with Crippen LogP contribution in [-0.4, -0.2) is 21.3 Å². The van der Waals surface area contributed by atoms with Crippen molar-refractivity contribution in [3.63, 3.8) is 0 Å². The largest absolute Gasteiger partial charge is 0.296 e. The molecule has 0 saturated carbocycles. The summed E-state index contributed by atoms with van der Waals surface area (Å²) in [7, 11) is 0. The number of nitrogens with zero attached hydrogens (tertiary/aromatic N) is 3. The van der Waals surface area contributed by atoms with E-state index in [4.69, 9.17) is 0 Å². The highest BCUT2D eigenvalue weighted by Crippen LogP contribution is 2.09. The van der Waals surface area contributed by atoms with E-state index in [-0.39, 0.29) is 0 Å². The average Bonchev–Trinajstić information content (AvgIpc) is 2.58. The number of aryl methyl sites for hydroxylation is 1. The molecule has 1 heterocycles. The zero-order chi connectivity index (χ0) is 11.3. The third-order valence-electron chi connectivity index (χ3n) is 2.38. The van der Waals surface area contributed by atoms with E-state index in [9.17, 15) is 4.79 Å². The third-order valence-corrected chi connectivity index (χ3v) is 2.38. The molecule has 0 atom stereocenters. The van der Waals surface area contributed by atoms with Crippen LogP contribution in [0, 0.1) is 5.92 Å². The second-order valence-corrected chi connectivity index (χ2v) is 4.19. The summed E-state index contributed by atoms with van der Waals surface area (Å²) in [5.41, 5.74) is 1.48. The van der Waals surface area contributed by atoms with Gasteiger partial charge in [0, 0.05) is 6.54 Å². The molecule has 0 radical (unpaired) electrons.